The van der Waals surface area contributed by atoms with E-state index in [1.165, 1.54) is 0 Å². The molecule has 6 N–H and O–H groups in total. The van der Waals surface area contributed by atoms with E-state index in [0.29, 0.717) is 38.6 Å². The van der Waals surface area contributed by atoms with Crippen molar-refractivity contribution < 1.29 is 19.6 Å². The molecule has 29 heavy (non-hydrogen) atoms. The first-order valence-electron chi connectivity index (χ1n) is 10.4. The number of benzene rings is 1. The molecule has 0 heterocycles. The second-order valence-electron chi connectivity index (χ2n) is 8.71. The number of hydrogen-bond acceptors (Lipinski definition) is 5. The number of carbonyl (C=O) groups is 2. The average Bonchev–Trinajstić information content (AvgIpc) is 3.16. The molecule has 7 nitrogen and oxygen atoms in total. The molecule has 160 valence electrons. The minimum Gasteiger partial charge on any atom is -0.426 e. The number of nitrogens with two attached hydrogens (primary N) is 1. The van der Waals surface area contributed by atoms with Crippen LogP contribution in [0.25, 0.3) is 0 Å². The van der Waals surface area contributed by atoms with E-state index in [9.17, 15) is 19.6 Å². The Morgan fingerprint density at radius 1 is 1.17 bits per heavy atom. The average molecular weight is 403 g/mol. The van der Waals surface area contributed by atoms with Crippen molar-refractivity contribution in [1.29, 1.82) is 0 Å². The van der Waals surface area contributed by atoms with Gasteiger partial charge in [-0.1, -0.05) is 43.2 Å². The SMILES string of the molecule is CC(C)(Cc1ccccc1)NC(=O)C1(C(=O)NC(CCCN)B(O)O)CCCC1. The number of nitrogens with one attached hydrogen (secondary N) is 2. The van der Waals surface area contributed by atoms with Crippen LogP contribution in [0.3, 0.4) is 0 Å². The highest BCUT2D eigenvalue weighted by Gasteiger charge is 2.49. The van der Waals surface area contributed by atoms with Crippen LogP contribution in [0.2, 0.25) is 0 Å². The molecule has 1 aromatic rings. The van der Waals surface area contributed by atoms with Crippen molar-refractivity contribution in [2.24, 2.45) is 11.1 Å². The summed E-state index contributed by atoms with van der Waals surface area (Å²) in [4.78, 5) is 26.4. The lowest BCUT2D eigenvalue weighted by molar-refractivity contribution is -0.144. The Morgan fingerprint density at radius 2 is 1.79 bits per heavy atom. The van der Waals surface area contributed by atoms with Gasteiger partial charge in [-0.2, -0.15) is 0 Å². The molecule has 2 amide bonds. The van der Waals surface area contributed by atoms with Crippen LogP contribution in [0.5, 0.6) is 0 Å². The second-order valence-corrected chi connectivity index (χ2v) is 8.71. The second kappa shape index (κ2) is 10.2. The third kappa shape index (κ3) is 6.29. The maximum absolute atomic E-state index is 13.3. The van der Waals surface area contributed by atoms with Crippen molar-refractivity contribution in [2.45, 2.75) is 70.3 Å². The summed E-state index contributed by atoms with van der Waals surface area (Å²) >= 11 is 0. The summed E-state index contributed by atoms with van der Waals surface area (Å²) in [5.74, 6) is -1.56. The first-order valence-corrected chi connectivity index (χ1v) is 10.4. The summed E-state index contributed by atoms with van der Waals surface area (Å²) in [7, 11) is -1.69. The molecule has 1 aliphatic carbocycles. The minimum atomic E-state index is -1.69. The number of hydrogen-bond donors (Lipinski definition) is 5. The maximum atomic E-state index is 13.3. The van der Waals surface area contributed by atoms with Crippen molar-refractivity contribution in [1.82, 2.24) is 10.6 Å². The molecule has 0 radical (unpaired) electrons. The zero-order valence-corrected chi connectivity index (χ0v) is 17.5. The summed E-state index contributed by atoms with van der Waals surface area (Å²) in [6, 6.07) is 9.89. The van der Waals surface area contributed by atoms with Crippen molar-refractivity contribution in [3.63, 3.8) is 0 Å². The van der Waals surface area contributed by atoms with Gasteiger partial charge in [0, 0.05) is 5.54 Å². The van der Waals surface area contributed by atoms with Gasteiger partial charge in [-0.05, 0) is 58.1 Å². The molecule has 0 spiro atoms. The minimum absolute atomic E-state index is 0.293. The topological polar surface area (TPSA) is 125 Å². The van der Waals surface area contributed by atoms with E-state index in [4.69, 9.17) is 5.73 Å². The standard InChI is InChI=1S/C21H34BN3O4/c1-20(2,15-16-9-4-3-5-10-16)25-19(27)21(12-6-7-13-21)18(26)24-17(22(28)29)11-8-14-23/h3-5,9-10,17,28-29H,6-8,11-15,23H2,1-2H3,(H,24,26)(H,25,27). The van der Waals surface area contributed by atoms with E-state index in [2.05, 4.69) is 10.6 Å². The van der Waals surface area contributed by atoms with Gasteiger partial charge in [0.2, 0.25) is 11.8 Å². The van der Waals surface area contributed by atoms with Gasteiger partial charge >= 0.3 is 7.12 Å². The molecule has 0 saturated heterocycles. The van der Waals surface area contributed by atoms with Crippen LogP contribution in [0.4, 0.5) is 0 Å². The molecule has 1 saturated carbocycles. The van der Waals surface area contributed by atoms with Gasteiger partial charge < -0.3 is 26.4 Å². The predicted octanol–water partition coefficient (Wildman–Crippen LogP) is 0.920. The number of rotatable bonds is 10. The highest BCUT2D eigenvalue weighted by atomic mass is 16.4. The highest BCUT2D eigenvalue weighted by Crippen LogP contribution is 2.39. The molecule has 1 atom stereocenters. The third-order valence-corrected chi connectivity index (χ3v) is 5.66. The van der Waals surface area contributed by atoms with Gasteiger partial charge in [0.15, 0.2) is 0 Å². The van der Waals surface area contributed by atoms with Gasteiger partial charge in [0.25, 0.3) is 0 Å². The lowest BCUT2D eigenvalue weighted by atomic mass is 9.75. The molecule has 1 aromatic carbocycles. The van der Waals surface area contributed by atoms with Gasteiger partial charge in [0.1, 0.15) is 5.41 Å². The zero-order chi connectivity index (χ0) is 21.5. The van der Waals surface area contributed by atoms with Gasteiger partial charge in [0.05, 0.1) is 5.94 Å². The number of carbonyl (C=O) groups excluding carboxylic acids is 2. The Labute approximate surface area is 173 Å². The molecule has 0 aromatic heterocycles. The lowest BCUT2D eigenvalue weighted by Crippen LogP contribution is -2.58. The summed E-state index contributed by atoms with van der Waals surface area (Å²) in [5, 5.41) is 25.0. The third-order valence-electron chi connectivity index (χ3n) is 5.66. The first kappa shape index (κ1) is 23.4. The summed E-state index contributed by atoms with van der Waals surface area (Å²) < 4.78 is 0. The molecular formula is C21H34BN3O4. The van der Waals surface area contributed by atoms with Crippen LogP contribution in [-0.2, 0) is 16.0 Å². The van der Waals surface area contributed by atoms with Crippen molar-refractivity contribution in [2.75, 3.05) is 6.54 Å². The van der Waals surface area contributed by atoms with E-state index in [-0.39, 0.29) is 5.91 Å². The number of amides is 2. The van der Waals surface area contributed by atoms with Crippen LogP contribution in [0.1, 0.15) is 57.9 Å². The Balaban J connectivity index is 2.11. The van der Waals surface area contributed by atoms with Gasteiger partial charge in [-0.15, -0.1) is 0 Å². The Bertz CT molecular complexity index is 676. The Morgan fingerprint density at radius 3 is 2.34 bits per heavy atom. The van der Waals surface area contributed by atoms with E-state index >= 15 is 0 Å². The van der Waals surface area contributed by atoms with Crippen LogP contribution in [0, 0.1) is 5.41 Å². The molecule has 0 bridgehead atoms. The quantitative estimate of drug-likeness (QED) is 0.294. The zero-order valence-electron chi connectivity index (χ0n) is 17.5. The molecular weight excluding hydrogens is 369 g/mol. The maximum Gasteiger partial charge on any atom is 0.475 e. The fraction of sp³-hybridized carbons (Fsp3) is 0.619. The van der Waals surface area contributed by atoms with Crippen LogP contribution < -0.4 is 16.4 Å². The summed E-state index contributed by atoms with van der Waals surface area (Å²) in [5.41, 5.74) is 4.90. The molecule has 1 fully saturated rings. The molecule has 0 aliphatic heterocycles. The molecule has 2 rings (SSSR count). The molecule has 1 aliphatic rings. The Hall–Kier alpha value is -1.90. The Kier molecular flexibility index (Phi) is 8.25. The molecule has 1 unspecified atom stereocenters. The van der Waals surface area contributed by atoms with E-state index in [1.54, 1.807) is 0 Å². The van der Waals surface area contributed by atoms with Crippen LogP contribution in [-0.4, -0.2) is 47.0 Å². The van der Waals surface area contributed by atoms with E-state index in [0.717, 1.165) is 18.4 Å². The van der Waals surface area contributed by atoms with Crippen molar-refractivity contribution >= 4 is 18.9 Å². The monoisotopic (exact) mass is 403 g/mol. The lowest BCUT2D eigenvalue weighted by Gasteiger charge is -2.34. The fourth-order valence-electron chi connectivity index (χ4n) is 4.05. The first-order chi connectivity index (χ1) is 13.7. The van der Waals surface area contributed by atoms with Gasteiger partial charge in [-0.25, -0.2) is 0 Å². The van der Waals surface area contributed by atoms with Crippen LogP contribution >= 0.6 is 0 Å². The summed E-state index contributed by atoms with van der Waals surface area (Å²) in [6.45, 7) is 4.28. The van der Waals surface area contributed by atoms with Crippen molar-refractivity contribution in [3.05, 3.63) is 35.9 Å². The fourth-order valence-corrected chi connectivity index (χ4v) is 4.05. The van der Waals surface area contributed by atoms with Crippen LogP contribution in [0.15, 0.2) is 30.3 Å². The largest absolute Gasteiger partial charge is 0.475 e. The van der Waals surface area contributed by atoms with E-state index < -0.39 is 29.9 Å². The normalized spacial score (nSPS) is 16.9. The highest BCUT2D eigenvalue weighted by molar-refractivity contribution is 6.43. The van der Waals surface area contributed by atoms with Gasteiger partial charge in [-0.3, -0.25) is 9.59 Å². The molecule has 8 heteroatoms. The summed E-state index contributed by atoms with van der Waals surface area (Å²) in [6.07, 6.45) is 4.02. The smallest absolute Gasteiger partial charge is 0.426 e. The predicted molar refractivity (Wildman–Crippen MR) is 114 cm³/mol. The van der Waals surface area contributed by atoms with Crippen molar-refractivity contribution in [3.8, 4) is 0 Å². The van der Waals surface area contributed by atoms with E-state index in [1.807, 2.05) is 44.2 Å².